The third-order valence-electron chi connectivity index (χ3n) is 6.04. The molecule has 0 radical (unpaired) electrons. The number of methoxy groups -OCH3 is 1. The second-order valence-corrected chi connectivity index (χ2v) is 9.34. The monoisotopic (exact) mass is 512 g/mol. The number of aromatic nitrogens is 1. The molecular weight excluding hydrogens is 488 g/mol. The molecule has 0 spiro atoms. The zero-order valence-corrected chi connectivity index (χ0v) is 20.9. The van der Waals surface area contributed by atoms with Crippen molar-refractivity contribution in [3.8, 4) is 11.5 Å². The summed E-state index contributed by atoms with van der Waals surface area (Å²) >= 11 is 0.849. The van der Waals surface area contributed by atoms with Gasteiger partial charge in [0.1, 0.15) is 6.61 Å². The molecule has 1 saturated heterocycles. The molecule has 3 aromatic carbocycles. The number of amides is 2. The molecule has 8 heteroatoms. The van der Waals surface area contributed by atoms with Gasteiger partial charge in [0.25, 0.3) is 11.1 Å². The van der Waals surface area contributed by atoms with E-state index >= 15 is 0 Å². The zero-order chi connectivity index (χ0) is 25.8. The molecule has 5 rings (SSSR count). The SMILES string of the molecule is COc1ccccc1OCCn1cc(/C=C2\SC(=O)N(CC(=O)c3ccccc3)C2=O)c2ccccc21. The summed E-state index contributed by atoms with van der Waals surface area (Å²) in [6.45, 7) is 0.699. The van der Waals surface area contributed by atoms with E-state index < -0.39 is 11.1 Å². The Kier molecular flexibility index (Phi) is 7.09. The van der Waals surface area contributed by atoms with Gasteiger partial charge in [0, 0.05) is 28.2 Å². The van der Waals surface area contributed by atoms with Crippen LogP contribution in [0.4, 0.5) is 4.79 Å². The van der Waals surface area contributed by atoms with Gasteiger partial charge in [0.15, 0.2) is 17.3 Å². The number of hydrogen-bond donors (Lipinski definition) is 0. The molecule has 37 heavy (non-hydrogen) atoms. The standard InChI is InChI=1S/C29H24N2O5S/c1-35-25-13-7-8-14-26(25)36-16-15-30-18-21(22-11-5-6-12-23(22)30)17-27-28(33)31(29(34)37-27)19-24(32)20-9-3-2-4-10-20/h2-14,17-18H,15-16,19H2,1H3/b27-17-. The second-order valence-electron chi connectivity index (χ2n) is 8.35. The van der Waals surface area contributed by atoms with Gasteiger partial charge >= 0.3 is 0 Å². The molecular formula is C29H24N2O5S. The topological polar surface area (TPSA) is 77.8 Å². The number of carbonyl (C=O) groups excluding carboxylic acids is 3. The molecule has 2 amide bonds. The van der Waals surface area contributed by atoms with E-state index in [2.05, 4.69) is 4.57 Å². The van der Waals surface area contributed by atoms with Gasteiger partial charge in [0.05, 0.1) is 25.1 Å². The lowest BCUT2D eigenvalue weighted by atomic mass is 10.1. The summed E-state index contributed by atoms with van der Waals surface area (Å²) in [6.07, 6.45) is 3.66. The van der Waals surface area contributed by atoms with Crippen molar-refractivity contribution in [2.75, 3.05) is 20.3 Å². The summed E-state index contributed by atoms with van der Waals surface area (Å²) in [5, 5.41) is 0.501. The number of nitrogens with zero attached hydrogens (tertiary/aromatic N) is 2. The fraction of sp³-hybridized carbons (Fsp3) is 0.138. The Bertz CT molecular complexity index is 1510. The molecule has 2 heterocycles. The lowest BCUT2D eigenvalue weighted by molar-refractivity contribution is -0.122. The van der Waals surface area contributed by atoms with Crippen molar-refractivity contribution in [3.63, 3.8) is 0 Å². The van der Waals surface area contributed by atoms with Crippen molar-refractivity contribution in [2.24, 2.45) is 0 Å². The Balaban J connectivity index is 1.34. The van der Waals surface area contributed by atoms with E-state index in [1.54, 1.807) is 43.5 Å². The van der Waals surface area contributed by atoms with Gasteiger partial charge in [-0.3, -0.25) is 19.3 Å². The fourth-order valence-corrected chi connectivity index (χ4v) is 5.03. The zero-order valence-electron chi connectivity index (χ0n) is 20.1. The van der Waals surface area contributed by atoms with Crippen LogP contribution in [0.3, 0.4) is 0 Å². The first-order chi connectivity index (χ1) is 18.0. The highest BCUT2D eigenvalue weighted by molar-refractivity contribution is 8.18. The van der Waals surface area contributed by atoms with Crippen LogP contribution in [-0.2, 0) is 11.3 Å². The van der Waals surface area contributed by atoms with Crippen LogP contribution in [0.2, 0.25) is 0 Å². The van der Waals surface area contributed by atoms with Crippen molar-refractivity contribution >= 4 is 45.7 Å². The number of ether oxygens (including phenoxy) is 2. The van der Waals surface area contributed by atoms with Crippen LogP contribution < -0.4 is 9.47 Å². The molecule has 0 bridgehead atoms. The summed E-state index contributed by atoms with van der Waals surface area (Å²) in [6, 6.07) is 24.0. The summed E-state index contributed by atoms with van der Waals surface area (Å²) in [5.74, 6) is 0.592. The smallest absolute Gasteiger partial charge is 0.293 e. The van der Waals surface area contributed by atoms with Gasteiger partial charge in [-0.2, -0.15) is 0 Å². The Morgan fingerprint density at radius 1 is 0.919 bits per heavy atom. The summed E-state index contributed by atoms with van der Waals surface area (Å²) < 4.78 is 13.3. The van der Waals surface area contributed by atoms with E-state index in [1.807, 2.05) is 54.7 Å². The highest BCUT2D eigenvalue weighted by Gasteiger charge is 2.36. The molecule has 1 aliphatic heterocycles. The number of benzene rings is 3. The number of Topliss-reactive ketones (excluding diaryl/α,β-unsaturated/α-hetero) is 1. The third kappa shape index (κ3) is 5.15. The number of rotatable bonds is 9. The average Bonchev–Trinajstić information content (AvgIpc) is 3.41. The minimum Gasteiger partial charge on any atom is -0.493 e. The number of thioether (sulfide) groups is 1. The first kappa shape index (κ1) is 24.4. The number of imide groups is 1. The number of ketones is 1. The average molecular weight is 513 g/mol. The minimum absolute atomic E-state index is 0.282. The van der Waals surface area contributed by atoms with Crippen LogP contribution in [0.5, 0.6) is 11.5 Å². The van der Waals surface area contributed by atoms with E-state index in [9.17, 15) is 14.4 Å². The van der Waals surface area contributed by atoms with Crippen molar-refractivity contribution in [3.05, 3.63) is 101 Å². The summed E-state index contributed by atoms with van der Waals surface area (Å²) in [5.41, 5.74) is 2.26. The maximum atomic E-state index is 13.0. The predicted octanol–water partition coefficient (Wildman–Crippen LogP) is 5.65. The van der Waals surface area contributed by atoms with Crippen molar-refractivity contribution < 1.29 is 23.9 Å². The van der Waals surface area contributed by atoms with Crippen molar-refractivity contribution in [1.29, 1.82) is 0 Å². The van der Waals surface area contributed by atoms with Crippen LogP contribution in [-0.4, -0.2) is 46.7 Å². The largest absolute Gasteiger partial charge is 0.493 e. The highest BCUT2D eigenvalue weighted by Crippen LogP contribution is 2.34. The first-order valence-corrected chi connectivity index (χ1v) is 12.5. The molecule has 0 N–H and O–H groups in total. The van der Waals surface area contributed by atoms with Gasteiger partial charge < -0.3 is 14.0 Å². The molecule has 0 atom stereocenters. The lowest BCUT2D eigenvalue weighted by Gasteiger charge is -2.11. The molecule has 0 unspecified atom stereocenters. The van der Waals surface area contributed by atoms with Crippen molar-refractivity contribution in [1.82, 2.24) is 9.47 Å². The van der Waals surface area contributed by atoms with E-state index in [4.69, 9.17) is 9.47 Å². The molecule has 1 fully saturated rings. The van der Waals surface area contributed by atoms with E-state index in [-0.39, 0.29) is 12.3 Å². The lowest BCUT2D eigenvalue weighted by Crippen LogP contribution is -2.33. The normalized spacial score (nSPS) is 14.5. The van der Waals surface area contributed by atoms with E-state index in [1.165, 1.54) is 0 Å². The van der Waals surface area contributed by atoms with Crippen LogP contribution in [0, 0.1) is 0 Å². The van der Waals surface area contributed by atoms with E-state index in [0.717, 1.165) is 33.1 Å². The van der Waals surface area contributed by atoms with Gasteiger partial charge in [0.2, 0.25) is 0 Å². The predicted molar refractivity (Wildman–Crippen MR) is 144 cm³/mol. The van der Waals surface area contributed by atoms with Crippen LogP contribution in [0.25, 0.3) is 17.0 Å². The Labute approximate surface area is 218 Å². The maximum Gasteiger partial charge on any atom is 0.293 e. The van der Waals surface area contributed by atoms with Gasteiger partial charge in [-0.25, -0.2) is 0 Å². The molecule has 0 aliphatic carbocycles. The number of carbonyl (C=O) groups is 3. The number of para-hydroxylation sites is 3. The van der Waals surface area contributed by atoms with Crippen LogP contribution in [0.1, 0.15) is 15.9 Å². The number of hydrogen-bond acceptors (Lipinski definition) is 6. The van der Waals surface area contributed by atoms with Crippen molar-refractivity contribution in [2.45, 2.75) is 6.54 Å². The quantitative estimate of drug-likeness (QED) is 0.213. The van der Waals surface area contributed by atoms with Gasteiger partial charge in [-0.15, -0.1) is 0 Å². The third-order valence-corrected chi connectivity index (χ3v) is 6.94. The van der Waals surface area contributed by atoms with E-state index in [0.29, 0.717) is 35.1 Å². The van der Waals surface area contributed by atoms with Crippen LogP contribution >= 0.6 is 11.8 Å². The summed E-state index contributed by atoms with van der Waals surface area (Å²) in [4.78, 5) is 39.5. The number of fused-ring (bicyclic) bond motifs is 1. The molecule has 186 valence electrons. The highest BCUT2D eigenvalue weighted by atomic mass is 32.2. The molecule has 7 nitrogen and oxygen atoms in total. The first-order valence-electron chi connectivity index (χ1n) is 11.7. The van der Waals surface area contributed by atoms with Crippen LogP contribution in [0.15, 0.2) is 90.0 Å². The van der Waals surface area contributed by atoms with Gasteiger partial charge in [-0.05, 0) is 36.0 Å². The minimum atomic E-state index is -0.462. The molecule has 1 aliphatic rings. The molecule has 4 aromatic rings. The molecule has 0 saturated carbocycles. The van der Waals surface area contributed by atoms with Gasteiger partial charge in [-0.1, -0.05) is 60.7 Å². The molecule has 1 aromatic heterocycles. The summed E-state index contributed by atoms with van der Waals surface area (Å²) in [7, 11) is 1.60. The Hall–Kier alpha value is -4.30. The fourth-order valence-electron chi connectivity index (χ4n) is 4.20. The second kappa shape index (κ2) is 10.8. The Morgan fingerprint density at radius 3 is 2.41 bits per heavy atom. The Morgan fingerprint density at radius 2 is 1.62 bits per heavy atom. The maximum absolute atomic E-state index is 13.0.